The number of hydrogen-bond donors (Lipinski definition) is 1. The first-order valence-electron chi connectivity index (χ1n) is 8.03. The number of hydrogen-bond acceptors (Lipinski definition) is 2. The van der Waals surface area contributed by atoms with Gasteiger partial charge in [-0.15, -0.1) is 0 Å². The summed E-state index contributed by atoms with van der Waals surface area (Å²) in [5, 5.41) is 0. The van der Waals surface area contributed by atoms with Crippen LogP contribution < -0.4 is 5.73 Å². The zero-order chi connectivity index (χ0) is 15.9. The van der Waals surface area contributed by atoms with Crippen LogP contribution in [0.25, 0.3) is 0 Å². The highest BCUT2D eigenvalue weighted by Gasteiger charge is 2.40. The van der Waals surface area contributed by atoms with Crippen LogP contribution in [0.5, 0.6) is 0 Å². The predicted octanol–water partition coefficient (Wildman–Crippen LogP) is 3.83. The van der Waals surface area contributed by atoms with Crippen molar-refractivity contribution in [3.8, 4) is 0 Å². The molecule has 1 saturated heterocycles. The van der Waals surface area contributed by atoms with E-state index in [9.17, 15) is 13.2 Å². The van der Waals surface area contributed by atoms with E-state index in [1.807, 2.05) is 0 Å². The van der Waals surface area contributed by atoms with E-state index in [1.165, 1.54) is 25.0 Å². The lowest BCUT2D eigenvalue weighted by Crippen LogP contribution is -2.38. The van der Waals surface area contributed by atoms with Crippen LogP contribution in [0.2, 0.25) is 0 Å². The molecule has 2 aliphatic rings. The second kappa shape index (κ2) is 5.85. The SMILES string of the molecule is CC(c1ccc(C(F)(F)F)cc1)N1CC2CCCC(N)C2C1. The Kier molecular flexibility index (Phi) is 4.21. The van der Waals surface area contributed by atoms with Gasteiger partial charge in [0.05, 0.1) is 5.56 Å². The smallest absolute Gasteiger partial charge is 0.327 e. The van der Waals surface area contributed by atoms with Gasteiger partial charge >= 0.3 is 6.18 Å². The van der Waals surface area contributed by atoms with Gasteiger partial charge < -0.3 is 5.73 Å². The predicted molar refractivity (Wildman–Crippen MR) is 80.2 cm³/mol. The van der Waals surface area contributed by atoms with Crippen molar-refractivity contribution in [1.29, 1.82) is 0 Å². The third kappa shape index (κ3) is 3.01. The first-order valence-corrected chi connectivity index (χ1v) is 8.03. The lowest BCUT2D eigenvalue weighted by molar-refractivity contribution is -0.137. The topological polar surface area (TPSA) is 29.3 Å². The van der Waals surface area contributed by atoms with Crippen molar-refractivity contribution >= 4 is 0 Å². The summed E-state index contributed by atoms with van der Waals surface area (Å²) in [7, 11) is 0. The Balaban J connectivity index is 1.70. The summed E-state index contributed by atoms with van der Waals surface area (Å²) in [5.41, 5.74) is 6.60. The summed E-state index contributed by atoms with van der Waals surface area (Å²) in [5.74, 6) is 1.20. The van der Waals surface area contributed by atoms with Gasteiger partial charge in [0.15, 0.2) is 0 Å². The van der Waals surface area contributed by atoms with E-state index in [0.29, 0.717) is 11.8 Å². The van der Waals surface area contributed by atoms with Gasteiger partial charge in [-0.05, 0) is 49.3 Å². The molecule has 0 spiro atoms. The van der Waals surface area contributed by atoms with E-state index in [4.69, 9.17) is 5.73 Å². The molecule has 5 heteroatoms. The minimum absolute atomic E-state index is 0.139. The van der Waals surface area contributed by atoms with Crippen molar-refractivity contribution < 1.29 is 13.2 Å². The molecule has 0 bridgehead atoms. The van der Waals surface area contributed by atoms with Crippen LogP contribution in [0.15, 0.2) is 24.3 Å². The van der Waals surface area contributed by atoms with E-state index in [-0.39, 0.29) is 12.1 Å². The molecule has 3 rings (SSSR count). The van der Waals surface area contributed by atoms with Crippen molar-refractivity contribution in [2.75, 3.05) is 13.1 Å². The molecular weight excluding hydrogens is 289 g/mol. The molecule has 1 aromatic rings. The molecule has 4 unspecified atom stereocenters. The molecule has 1 aromatic carbocycles. The van der Waals surface area contributed by atoms with Gasteiger partial charge in [0, 0.05) is 25.2 Å². The highest BCUT2D eigenvalue weighted by molar-refractivity contribution is 5.26. The van der Waals surface area contributed by atoms with Crippen LogP contribution >= 0.6 is 0 Å². The molecular formula is C17H23F3N2. The molecule has 1 heterocycles. The minimum atomic E-state index is -4.27. The Morgan fingerprint density at radius 1 is 1.14 bits per heavy atom. The fourth-order valence-electron chi connectivity index (χ4n) is 4.03. The molecule has 1 saturated carbocycles. The van der Waals surface area contributed by atoms with Gasteiger partial charge in [0.2, 0.25) is 0 Å². The van der Waals surface area contributed by atoms with Gasteiger partial charge in [-0.2, -0.15) is 13.2 Å². The molecule has 2 N–H and O–H groups in total. The van der Waals surface area contributed by atoms with Gasteiger partial charge in [-0.25, -0.2) is 0 Å². The molecule has 4 atom stereocenters. The van der Waals surface area contributed by atoms with E-state index in [0.717, 1.165) is 25.1 Å². The van der Waals surface area contributed by atoms with E-state index >= 15 is 0 Å². The zero-order valence-corrected chi connectivity index (χ0v) is 12.8. The second-order valence-corrected chi connectivity index (χ2v) is 6.77. The first-order chi connectivity index (χ1) is 10.4. The Hall–Kier alpha value is -1.07. The molecule has 1 aliphatic carbocycles. The van der Waals surface area contributed by atoms with Crippen molar-refractivity contribution in [1.82, 2.24) is 4.90 Å². The van der Waals surface area contributed by atoms with Crippen LogP contribution in [-0.4, -0.2) is 24.0 Å². The Bertz CT molecular complexity index is 512. The largest absolute Gasteiger partial charge is 0.416 e. The van der Waals surface area contributed by atoms with Crippen molar-refractivity contribution in [3.63, 3.8) is 0 Å². The van der Waals surface area contributed by atoms with Crippen molar-refractivity contribution in [2.45, 2.75) is 44.4 Å². The van der Waals surface area contributed by atoms with Gasteiger partial charge in [0.25, 0.3) is 0 Å². The third-order valence-corrected chi connectivity index (χ3v) is 5.45. The summed E-state index contributed by atoms with van der Waals surface area (Å²) < 4.78 is 37.9. The van der Waals surface area contributed by atoms with Crippen molar-refractivity contribution in [2.24, 2.45) is 17.6 Å². The van der Waals surface area contributed by atoms with Gasteiger partial charge in [-0.3, -0.25) is 4.90 Å². The fraction of sp³-hybridized carbons (Fsp3) is 0.647. The van der Waals surface area contributed by atoms with E-state index < -0.39 is 11.7 Å². The maximum Gasteiger partial charge on any atom is 0.416 e. The molecule has 0 radical (unpaired) electrons. The number of nitrogens with zero attached hydrogens (tertiary/aromatic N) is 1. The molecule has 22 heavy (non-hydrogen) atoms. The third-order valence-electron chi connectivity index (χ3n) is 5.45. The molecule has 2 fully saturated rings. The number of likely N-dealkylation sites (tertiary alicyclic amines) is 1. The standard InChI is InChI=1S/C17H23F3N2/c1-11(12-5-7-14(8-6-12)17(18,19)20)22-9-13-3-2-4-16(21)15(13)10-22/h5-8,11,13,15-16H,2-4,9-10,21H2,1H3. The summed E-state index contributed by atoms with van der Waals surface area (Å²) in [6.07, 6.45) is -0.736. The molecule has 0 aromatic heterocycles. The highest BCUT2D eigenvalue weighted by atomic mass is 19.4. The van der Waals surface area contributed by atoms with E-state index in [2.05, 4.69) is 11.8 Å². The Morgan fingerprint density at radius 3 is 2.41 bits per heavy atom. The van der Waals surface area contributed by atoms with Crippen LogP contribution in [0.3, 0.4) is 0 Å². The summed E-state index contributed by atoms with van der Waals surface area (Å²) >= 11 is 0. The quantitative estimate of drug-likeness (QED) is 0.899. The lowest BCUT2D eigenvalue weighted by atomic mass is 9.78. The lowest BCUT2D eigenvalue weighted by Gasteiger charge is -2.30. The molecule has 2 nitrogen and oxygen atoms in total. The number of alkyl halides is 3. The number of nitrogens with two attached hydrogens (primary N) is 1. The average molecular weight is 312 g/mol. The summed E-state index contributed by atoms with van der Waals surface area (Å²) in [6.45, 7) is 4.06. The Morgan fingerprint density at radius 2 is 1.82 bits per heavy atom. The normalized spacial score (nSPS) is 31.0. The zero-order valence-electron chi connectivity index (χ0n) is 12.8. The van der Waals surface area contributed by atoms with Crippen LogP contribution in [0.1, 0.15) is 43.4 Å². The second-order valence-electron chi connectivity index (χ2n) is 6.77. The molecule has 0 amide bonds. The summed E-state index contributed by atoms with van der Waals surface area (Å²) in [6, 6.07) is 6.00. The van der Waals surface area contributed by atoms with Crippen LogP contribution in [0.4, 0.5) is 13.2 Å². The van der Waals surface area contributed by atoms with Gasteiger partial charge in [0.1, 0.15) is 0 Å². The number of halogens is 3. The monoisotopic (exact) mass is 312 g/mol. The maximum absolute atomic E-state index is 12.6. The number of fused-ring (bicyclic) bond motifs is 1. The number of rotatable bonds is 2. The first kappa shape index (κ1) is 15.8. The molecule has 1 aliphatic heterocycles. The van der Waals surface area contributed by atoms with Gasteiger partial charge in [-0.1, -0.05) is 18.6 Å². The van der Waals surface area contributed by atoms with Crippen molar-refractivity contribution in [3.05, 3.63) is 35.4 Å². The van der Waals surface area contributed by atoms with Crippen LogP contribution in [0, 0.1) is 11.8 Å². The van der Waals surface area contributed by atoms with E-state index in [1.54, 1.807) is 12.1 Å². The fourth-order valence-corrected chi connectivity index (χ4v) is 4.03. The maximum atomic E-state index is 12.6. The Labute approximate surface area is 129 Å². The average Bonchev–Trinajstić information content (AvgIpc) is 2.91. The highest BCUT2D eigenvalue weighted by Crippen LogP contribution is 2.39. The summed E-state index contributed by atoms with van der Waals surface area (Å²) in [4.78, 5) is 2.38. The number of benzene rings is 1. The minimum Gasteiger partial charge on any atom is -0.327 e. The molecule has 122 valence electrons. The van der Waals surface area contributed by atoms with Crippen LogP contribution in [-0.2, 0) is 6.18 Å².